The van der Waals surface area contributed by atoms with Gasteiger partial charge in [-0.15, -0.1) is 0 Å². The first kappa shape index (κ1) is 19.8. The van der Waals surface area contributed by atoms with E-state index in [1.54, 1.807) is 18.7 Å². The number of nitrogens with zero attached hydrogens (tertiary/aromatic N) is 2. The Morgan fingerprint density at radius 2 is 2.03 bits per heavy atom. The molecule has 5 nitrogen and oxygen atoms in total. The second-order valence-corrected chi connectivity index (χ2v) is 8.59. The van der Waals surface area contributed by atoms with Crippen LogP contribution in [0.5, 0.6) is 5.75 Å². The number of carbonyl (C=O) groups is 1. The maximum absolute atomic E-state index is 13.5. The fourth-order valence-electron chi connectivity index (χ4n) is 3.38. The van der Waals surface area contributed by atoms with Crippen molar-refractivity contribution in [3.8, 4) is 5.75 Å². The summed E-state index contributed by atoms with van der Waals surface area (Å²) in [6.45, 7) is 4.57. The summed E-state index contributed by atoms with van der Waals surface area (Å²) in [5, 5.41) is 0.627. The zero-order valence-corrected chi connectivity index (χ0v) is 17.2. The van der Waals surface area contributed by atoms with Gasteiger partial charge in [0.15, 0.2) is 10.7 Å². The first-order valence-electron chi connectivity index (χ1n) is 9.66. The number of carbonyl (C=O) groups excluding carboxylic acids is 1. The van der Waals surface area contributed by atoms with E-state index < -0.39 is 5.60 Å². The molecular weight excluding hydrogens is 391 g/mol. The average molecular weight is 415 g/mol. The molecule has 0 saturated carbocycles. The lowest BCUT2D eigenvalue weighted by atomic mass is 10.1. The highest BCUT2D eigenvalue weighted by Gasteiger charge is 2.38. The highest BCUT2D eigenvalue weighted by molar-refractivity contribution is 7.22. The fourth-order valence-corrected chi connectivity index (χ4v) is 4.35. The molecule has 4 rings (SSSR count). The van der Waals surface area contributed by atoms with Crippen LogP contribution < -0.4 is 9.64 Å². The first-order valence-corrected chi connectivity index (χ1v) is 10.5. The number of anilines is 1. The third kappa shape index (κ3) is 4.41. The first-order chi connectivity index (χ1) is 13.9. The van der Waals surface area contributed by atoms with Crippen LogP contribution in [0.2, 0.25) is 0 Å². The van der Waals surface area contributed by atoms with Crippen LogP contribution in [0.25, 0.3) is 10.2 Å². The molecule has 2 heterocycles. The second kappa shape index (κ2) is 8.08. The normalized spacial score (nSPS) is 16.9. The van der Waals surface area contributed by atoms with Crippen LogP contribution in [-0.2, 0) is 9.53 Å². The summed E-state index contributed by atoms with van der Waals surface area (Å²) in [5.74, 6) is -0.126. The number of hydrogen-bond donors (Lipinski definition) is 0. The topological polar surface area (TPSA) is 51.7 Å². The van der Waals surface area contributed by atoms with Crippen molar-refractivity contribution in [2.45, 2.75) is 38.4 Å². The second-order valence-electron chi connectivity index (χ2n) is 7.58. The number of amides is 1. The van der Waals surface area contributed by atoms with Gasteiger partial charge in [0.2, 0.25) is 0 Å². The maximum atomic E-state index is 13.5. The SMILES string of the molecule is CC(C)(Oc1ccc(F)cc1)C(=O)N(CC1CCCO1)c1nc2ccccc2s1. The van der Waals surface area contributed by atoms with Crippen LogP contribution in [0.3, 0.4) is 0 Å². The largest absolute Gasteiger partial charge is 0.478 e. The van der Waals surface area contributed by atoms with Gasteiger partial charge in [0.25, 0.3) is 5.91 Å². The number of ether oxygens (including phenoxy) is 2. The molecule has 0 N–H and O–H groups in total. The summed E-state index contributed by atoms with van der Waals surface area (Å²) in [6.07, 6.45) is 1.88. The van der Waals surface area contributed by atoms with Crippen molar-refractivity contribution >= 4 is 32.6 Å². The Bertz CT molecular complexity index is 964. The minimum Gasteiger partial charge on any atom is -0.478 e. The minimum absolute atomic E-state index is 0.0208. The minimum atomic E-state index is -1.16. The van der Waals surface area contributed by atoms with Crippen molar-refractivity contribution in [1.82, 2.24) is 4.98 Å². The molecule has 152 valence electrons. The molecule has 1 fully saturated rings. The van der Waals surface area contributed by atoms with E-state index in [0.717, 1.165) is 23.1 Å². The standard InChI is InChI=1S/C22H23FN2O3S/c1-22(2,28-16-11-9-15(23)10-12-16)20(26)25(14-17-6-5-13-27-17)21-24-18-7-3-4-8-19(18)29-21/h3-4,7-12,17H,5-6,13-14H2,1-2H3. The van der Waals surface area contributed by atoms with Crippen LogP contribution in [-0.4, -0.2) is 35.7 Å². The number of para-hydroxylation sites is 1. The van der Waals surface area contributed by atoms with E-state index in [1.807, 2.05) is 24.3 Å². The number of aromatic nitrogens is 1. The van der Waals surface area contributed by atoms with Crippen LogP contribution in [0.1, 0.15) is 26.7 Å². The summed E-state index contributed by atoms with van der Waals surface area (Å²) in [7, 11) is 0. The smallest absolute Gasteiger partial charge is 0.272 e. The Kier molecular flexibility index (Phi) is 5.52. The van der Waals surface area contributed by atoms with Crippen LogP contribution in [0, 0.1) is 5.82 Å². The Morgan fingerprint density at radius 1 is 1.28 bits per heavy atom. The van der Waals surface area contributed by atoms with E-state index in [4.69, 9.17) is 9.47 Å². The molecule has 0 aliphatic carbocycles. The van der Waals surface area contributed by atoms with Crippen molar-refractivity contribution in [1.29, 1.82) is 0 Å². The van der Waals surface area contributed by atoms with E-state index >= 15 is 0 Å². The Balaban J connectivity index is 1.63. The van der Waals surface area contributed by atoms with Crippen molar-refractivity contribution < 1.29 is 18.7 Å². The summed E-state index contributed by atoms with van der Waals surface area (Å²) in [4.78, 5) is 19.9. The predicted molar refractivity (Wildman–Crippen MR) is 112 cm³/mol. The van der Waals surface area contributed by atoms with Gasteiger partial charge in [0.1, 0.15) is 11.6 Å². The quantitative estimate of drug-likeness (QED) is 0.581. The van der Waals surface area contributed by atoms with Crippen LogP contribution in [0.4, 0.5) is 9.52 Å². The summed E-state index contributed by atoms with van der Waals surface area (Å²) < 4.78 is 25.9. The van der Waals surface area contributed by atoms with Gasteiger partial charge in [-0.2, -0.15) is 0 Å². The zero-order chi connectivity index (χ0) is 20.4. The van der Waals surface area contributed by atoms with Gasteiger partial charge in [-0.25, -0.2) is 9.37 Å². The molecule has 1 aliphatic heterocycles. The average Bonchev–Trinajstić information content (AvgIpc) is 3.36. The number of rotatable bonds is 6. The molecule has 0 bridgehead atoms. The highest BCUT2D eigenvalue weighted by atomic mass is 32.1. The van der Waals surface area contributed by atoms with Gasteiger partial charge in [0.05, 0.1) is 22.9 Å². The Labute approximate surface area is 173 Å². The van der Waals surface area contributed by atoms with Crippen molar-refractivity contribution in [2.24, 2.45) is 0 Å². The monoisotopic (exact) mass is 414 g/mol. The van der Waals surface area contributed by atoms with Crippen LogP contribution >= 0.6 is 11.3 Å². The molecule has 29 heavy (non-hydrogen) atoms. The van der Waals surface area contributed by atoms with Gasteiger partial charge in [0, 0.05) is 6.61 Å². The van der Waals surface area contributed by atoms with Gasteiger partial charge in [-0.3, -0.25) is 9.69 Å². The molecule has 2 aromatic carbocycles. The van der Waals surface area contributed by atoms with E-state index in [9.17, 15) is 9.18 Å². The molecule has 1 atom stereocenters. The molecule has 0 radical (unpaired) electrons. The predicted octanol–water partition coefficient (Wildman–Crippen LogP) is 4.81. The third-order valence-electron chi connectivity index (χ3n) is 4.87. The summed E-state index contributed by atoms with van der Waals surface area (Å²) >= 11 is 1.47. The van der Waals surface area contributed by atoms with E-state index in [-0.39, 0.29) is 17.8 Å². The number of halogens is 1. The van der Waals surface area contributed by atoms with E-state index in [2.05, 4.69) is 4.98 Å². The van der Waals surface area contributed by atoms with Crippen molar-refractivity contribution in [3.63, 3.8) is 0 Å². The molecule has 1 aliphatic rings. The number of fused-ring (bicyclic) bond motifs is 1. The molecule has 3 aromatic rings. The zero-order valence-electron chi connectivity index (χ0n) is 16.4. The fraction of sp³-hybridized carbons (Fsp3) is 0.364. The molecular formula is C22H23FN2O3S. The molecule has 1 unspecified atom stereocenters. The lowest BCUT2D eigenvalue weighted by Crippen LogP contribution is -2.51. The number of hydrogen-bond acceptors (Lipinski definition) is 5. The van der Waals surface area contributed by atoms with E-state index in [1.165, 1.54) is 35.6 Å². The van der Waals surface area contributed by atoms with Gasteiger partial charge >= 0.3 is 0 Å². The van der Waals surface area contributed by atoms with Crippen molar-refractivity contribution in [3.05, 3.63) is 54.3 Å². The summed E-state index contributed by atoms with van der Waals surface area (Å²) in [5.41, 5.74) is -0.302. The molecule has 1 amide bonds. The molecule has 1 saturated heterocycles. The lowest BCUT2D eigenvalue weighted by Gasteiger charge is -2.32. The maximum Gasteiger partial charge on any atom is 0.272 e. The van der Waals surface area contributed by atoms with E-state index in [0.29, 0.717) is 24.0 Å². The van der Waals surface area contributed by atoms with Crippen molar-refractivity contribution in [2.75, 3.05) is 18.1 Å². The number of benzene rings is 2. The third-order valence-corrected chi connectivity index (χ3v) is 5.93. The lowest BCUT2D eigenvalue weighted by molar-refractivity contribution is -0.131. The highest BCUT2D eigenvalue weighted by Crippen LogP contribution is 2.32. The van der Waals surface area contributed by atoms with Gasteiger partial charge in [-0.1, -0.05) is 23.5 Å². The summed E-state index contributed by atoms with van der Waals surface area (Å²) in [6, 6.07) is 13.5. The van der Waals surface area contributed by atoms with Crippen LogP contribution in [0.15, 0.2) is 48.5 Å². The number of thiazole rings is 1. The Morgan fingerprint density at radius 3 is 2.72 bits per heavy atom. The molecule has 0 spiro atoms. The van der Waals surface area contributed by atoms with Gasteiger partial charge < -0.3 is 9.47 Å². The molecule has 1 aromatic heterocycles. The molecule has 7 heteroatoms. The Hall–Kier alpha value is -2.51. The van der Waals surface area contributed by atoms with Gasteiger partial charge in [-0.05, 0) is 63.1 Å².